The Hall–Kier alpha value is -1.86. The van der Waals surface area contributed by atoms with Crippen molar-refractivity contribution >= 4 is 39.9 Å². The minimum absolute atomic E-state index is 0.00999. The molecule has 0 fully saturated rings. The number of Topliss-reactive ketones (excluding diaryl/α,β-unsaturated/α-hetero) is 1. The summed E-state index contributed by atoms with van der Waals surface area (Å²) in [6.07, 6.45) is 0. The maximum absolute atomic E-state index is 11.9. The molecule has 0 saturated carbocycles. The number of carbonyl (C=O) groups is 2. The van der Waals surface area contributed by atoms with Crippen molar-refractivity contribution in [2.24, 2.45) is 0 Å². The summed E-state index contributed by atoms with van der Waals surface area (Å²) in [6, 6.07) is 5.34. The third kappa shape index (κ3) is 5.07. The van der Waals surface area contributed by atoms with Crippen LogP contribution in [0.1, 0.15) is 28.5 Å². The average molecular weight is 350 g/mol. The Bertz CT molecular complexity index is 713. The first kappa shape index (κ1) is 17.5. The summed E-state index contributed by atoms with van der Waals surface area (Å²) >= 11 is 2.87. The summed E-state index contributed by atoms with van der Waals surface area (Å²) in [6.45, 7) is 3.41. The Morgan fingerprint density at radius 2 is 2.17 bits per heavy atom. The van der Waals surface area contributed by atoms with Crippen LogP contribution in [0.4, 0.5) is 5.13 Å². The molecule has 1 N–H and O–H groups in total. The van der Waals surface area contributed by atoms with E-state index in [0.29, 0.717) is 22.2 Å². The van der Waals surface area contributed by atoms with Crippen molar-refractivity contribution in [2.45, 2.75) is 19.6 Å². The lowest BCUT2D eigenvalue weighted by Gasteiger charge is -2.09. The van der Waals surface area contributed by atoms with Crippen LogP contribution in [0, 0.1) is 6.92 Å². The molecule has 0 aliphatic heterocycles. The molecular weight excluding hydrogens is 332 g/mol. The van der Waals surface area contributed by atoms with Crippen LogP contribution in [-0.2, 0) is 10.5 Å². The molecule has 0 radical (unpaired) electrons. The number of carbonyl (C=O) groups excluding carboxylic acids is 2. The molecular formula is C16H18N2O3S2. The number of aryl methyl sites for hydroxylation is 1. The maximum Gasteiger partial charge on any atom is 0.236 e. The van der Waals surface area contributed by atoms with E-state index < -0.39 is 0 Å². The van der Waals surface area contributed by atoms with Crippen molar-refractivity contribution in [3.63, 3.8) is 0 Å². The number of ether oxygens (including phenoxy) is 1. The van der Waals surface area contributed by atoms with Crippen LogP contribution in [0.3, 0.4) is 0 Å². The second-order valence-corrected chi connectivity index (χ2v) is 6.76. The largest absolute Gasteiger partial charge is 0.496 e. The van der Waals surface area contributed by atoms with Crippen molar-refractivity contribution in [3.05, 3.63) is 40.4 Å². The van der Waals surface area contributed by atoms with Crippen molar-refractivity contribution in [2.75, 3.05) is 18.2 Å². The number of thioether (sulfide) groups is 1. The molecule has 2 aromatic rings. The molecule has 0 aliphatic rings. The van der Waals surface area contributed by atoms with E-state index in [4.69, 9.17) is 4.74 Å². The highest BCUT2D eigenvalue weighted by Gasteiger charge is 2.10. The predicted molar refractivity (Wildman–Crippen MR) is 94.6 cm³/mol. The first-order chi connectivity index (χ1) is 11.0. The smallest absolute Gasteiger partial charge is 0.236 e. The number of aromatic nitrogens is 1. The number of ketones is 1. The zero-order valence-electron chi connectivity index (χ0n) is 13.2. The maximum atomic E-state index is 11.9. The zero-order chi connectivity index (χ0) is 16.8. The highest BCUT2D eigenvalue weighted by Crippen LogP contribution is 2.25. The number of methoxy groups -OCH3 is 1. The van der Waals surface area contributed by atoms with Gasteiger partial charge in [-0.05, 0) is 32.0 Å². The van der Waals surface area contributed by atoms with E-state index in [2.05, 4.69) is 10.3 Å². The lowest BCUT2D eigenvalue weighted by molar-refractivity contribution is -0.113. The average Bonchev–Trinajstić information content (AvgIpc) is 2.92. The van der Waals surface area contributed by atoms with E-state index in [1.54, 1.807) is 19.2 Å². The van der Waals surface area contributed by atoms with Gasteiger partial charge in [0.2, 0.25) is 5.91 Å². The highest BCUT2D eigenvalue weighted by atomic mass is 32.2. The molecule has 0 unspecified atom stereocenters. The number of amides is 1. The number of thiazole rings is 1. The highest BCUT2D eigenvalue weighted by molar-refractivity contribution is 7.99. The fourth-order valence-corrected chi connectivity index (χ4v) is 3.44. The minimum Gasteiger partial charge on any atom is -0.496 e. The van der Waals surface area contributed by atoms with Gasteiger partial charge in [-0.25, -0.2) is 4.98 Å². The Kier molecular flexibility index (Phi) is 6.18. The molecule has 1 heterocycles. The van der Waals surface area contributed by atoms with E-state index in [9.17, 15) is 9.59 Å². The van der Waals surface area contributed by atoms with Gasteiger partial charge in [-0.3, -0.25) is 9.59 Å². The molecule has 5 nitrogen and oxygen atoms in total. The zero-order valence-corrected chi connectivity index (χ0v) is 14.8. The van der Waals surface area contributed by atoms with Gasteiger partial charge in [0.1, 0.15) is 5.75 Å². The van der Waals surface area contributed by atoms with Crippen LogP contribution >= 0.6 is 23.1 Å². The second-order valence-electron chi connectivity index (χ2n) is 4.92. The van der Waals surface area contributed by atoms with Crippen LogP contribution < -0.4 is 10.1 Å². The van der Waals surface area contributed by atoms with Crippen molar-refractivity contribution < 1.29 is 14.3 Å². The van der Waals surface area contributed by atoms with Gasteiger partial charge in [-0.15, -0.1) is 23.1 Å². The number of hydrogen-bond donors (Lipinski definition) is 1. The SMILES string of the molecule is COc1ccc(C(C)=O)cc1CSCC(=O)Nc1nc(C)cs1. The van der Waals surface area contributed by atoms with Crippen LogP contribution in [0.2, 0.25) is 0 Å². The first-order valence-corrected chi connectivity index (χ1v) is 9.00. The van der Waals surface area contributed by atoms with Crippen LogP contribution in [0.15, 0.2) is 23.6 Å². The summed E-state index contributed by atoms with van der Waals surface area (Å²) in [5.41, 5.74) is 2.44. The topological polar surface area (TPSA) is 68.3 Å². The van der Waals surface area contributed by atoms with Crippen molar-refractivity contribution in [1.82, 2.24) is 4.98 Å². The van der Waals surface area contributed by atoms with Crippen molar-refractivity contribution in [3.8, 4) is 5.75 Å². The number of benzene rings is 1. The lowest BCUT2D eigenvalue weighted by atomic mass is 10.1. The molecule has 23 heavy (non-hydrogen) atoms. The van der Waals surface area contributed by atoms with Crippen molar-refractivity contribution in [1.29, 1.82) is 0 Å². The Morgan fingerprint density at radius 1 is 1.39 bits per heavy atom. The number of nitrogens with one attached hydrogen (secondary N) is 1. The Labute approximate surface area is 143 Å². The van der Waals surface area contributed by atoms with E-state index in [1.165, 1.54) is 30.0 Å². The third-order valence-corrected chi connectivity index (χ3v) is 4.90. The standard InChI is InChI=1S/C16H18N2O3S2/c1-10-7-23-16(17-10)18-15(20)9-22-8-13-6-12(11(2)19)4-5-14(13)21-3/h4-7H,8-9H2,1-3H3,(H,17,18,20). The molecule has 0 aliphatic carbocycles. The molecule has 122 valence electrons. The van der Waals surface area contributed by atoms with E-state index in [0.717, 1.165) is 17.0 Å². The molecule has 1 aromatic heterocycles. The normalized spacial score (nSPS) is 10.4. The summed E-state index contributed by atoms with van der Waals surface area (Å²) < 4.78 is 5.30. The third-order valence-electron chi connectivity index (χ3n) is 3.04. The number of anilines is 1. The van der Waals surface area contributed by atoms with Gasteiger partial charge >= 0.3 is 0 Å². The molecule has 1 amide bonds. The second kappa shape index (κ2) is 8.12. The van der Waals surface area contributed by atoms with Gasteiger partial charge in [-0.1, -0.05) is 0 Å². The van der Waals surface area contributed by atoms with Crippen LogP contribution in [0.5, 0.6) is 5.75 Å². The molecule has 2 rings (SSSR count). The predicted octanol–water partition coefficient (Wildman–Crippen LogP) is 3.53. The number of nitrogens with zero attached hydrogens (tertiary/aromatic N) is 1. The molecule has 0 saturated heterocycles. The summed E-state index contributed by atoms with van der Waals surface area (Å²) in [7, 11) is 1.59. The molecule has 0 spiro atoms. The van der Waals surface area contributed by atoms with Crippen LogP contribution in [-0.4, -0.2) is 29.5 Å². The lowest BCUT2D eigenvalue weighted by Crippen LogP contribution is -2.14. The Balaban J connectivity index is 1.91. The van der Waals surface area contributed by atoms with Gasteiger partial charge in [-0.2, -0.15) is 0 Å². The monoisotopic (exact) mass is 350 g/mol. The Morgan fingerprint density at radius 3 is 2.78 bits per heavy atom. The molecule has 0 bridgehead atoms. The van der Waals surface area contributed by atoms with Gasteiger partial charge < -0.3 is 10.1 Å². The fourth-order valence-electron chi connectivity index (χ4n) is 1.93. The summed E-state index contributed by atoms with van der Waals surface area (Å²) in [5.74, 6) is 1.54. The van der Waals surface area contributed by atoms with Gasteiger partial charge in [0, 0.05) is 22.3 Å². The molecule has 7 heteroatoms. The van der Waals surface area contributed by atoms with E-state index in [-0.39, 0.29) is 11.7 Å². The summed E-state index contributed by atoms with van der Waals surface area (Å²) in [4.78, 5) is 27.6. The van der Waals surface area contributed by atoms with Crippen LogP contribution in [0.25, 0.3) is 0 Å². The number of hydrogen-bond acceptors (Lipinski definition) is 6. The van der Waals surface area contributed by atoms with Gasteiger partial charge in [0.15, 0.2) is 10.9 Å². The van der Waals surface area contributed by atoms with Gasteiger partial charge in [0.25, 0.3) is 0 Å². The van der Waals surface area contributed by atoms with E-state index in [1.807, 2.05) is 18.4 Å². The first-order valence-electron chi connectivity index (χ1n) is 6.97. The fraction of sp³-hybridized carbons (Fsp3) is 0.312. The van der Waals surface area contributed by atoms with E-state index >= 15 is 0 Å². The quantitative estimate of drug-likeness (QED) is 0.774. The van der Waals surface area contributed by atoms with Gasteiger partial charge in [0.05, 0.1) is 18.6 Å². The summed E-state index contributed by atoms with van der Waals surface area (Å²) in [5, 5.41) is 5.27. The molecule has 0 atom stereocenters. The number of rotatable bonds is 7. The minimum atomic E-state index is -0.0916. The molecule has 1 aromatic carbocycles.